The van der Waals surface area contributed by atoms with Crippen molar-refractivity contribution >= 4 is 10.9 Å². The maximum Gasteiger partial charge on any atom is 0.252 e. The second-order valence-corrected chi connectivity index (χ2v) is 10.1. The average Bonchev–Trinajstić information content (AvgIpc) is 3.57. The van der Waals surface area contributed by atoms with E-state index in [0.717, 1.165) is 35.3 Å². The van der Waals surface area contributed by atoms with Crippen molar-refractivity contribution in [2.45, 2.75) is 64.7 Å². The molecule has 188 valence electrons. The third-order valence-corrected chi connectivity index (χ3v) is 7.21. The molecule has 8 nitrogen and oxygen atoms in total. The highest BCUT2D eigenvalue weighted by atomic mass is 16.5. The van der Waals surface area contributed by atoms with Crippen LogP contribution in [0, 0.1) is 5.92 Å². The molecule has 0 radical (unpaired) electrons. The molecule has 2 heterocycles. The molecule has 4 aromatic rings. The van der Waals surface area contributed by atoms with Crippen LogP contribution in [0.4, 0.5) is 0 Å². The van der Waals surface area contributed by atoms with Crippen LogP contribution in [0.15, 0.2) is 59.4 Å². The first-order valence-electron chi connectivity index (χ1n) is 12.8. The van der Waals surface area contributed by atoms with Crippen molar-refractivity contribution in [3.05, 3.63) is 81.9 Å². The van der Waals surface area contributed by atoms with Gasteiger partial charge in [0.2, 0.25) is 0 Å². The Morgan fingerprint density at radius 1 is 1.08 bits per heavy atom. The van der Waals surface area contributed by atoms with Crippen molar-refractivity contribution in [3.63, 3.8) is 0 Å². The Labute approximate surface area is 211 Å². The third kappa shape index (κ3) is 5.04. The third-order valence-electron chi connectivity index (χ3n) is 7.21. The monoisotopic (exact) mass is 486 g/mol. The fourth-order valence-electron chi connectivity index (χ4n) is 5.45. The lowest BCUT2D eigenvalue weighted by Gasteiger charge is -2.34. The zero-order valence-electron chi connectivity index (χ0n) is 21.2. The molecule has 1 N–H and O–H groups in total. The number of nitrogens with one attached hydrogen (secondary N) is 1. The van der Waals surface area contributed by atoms with Gasteiger partial charge in [-0.3, -0.25) is 9.69 Å². The number of fused-ring (bicyclic) bond motifs is 1. The molecule has 2 aromatic heterocycles. The molecule has 1 unspecified atom stereocenters. The van der Waals surface area contributed by atoms with Crippen molar-refractivity contribution in [3.8, 4) is 5.75 Å². The number of tetrazole rings is 1. The van der Waals surface area contributed by atoms with Gasteiger partial charge in [0.15, 0.2) is 5.82 Å². The van der Waals surface area contributed by atoms with E-state index >= 15 is 0 Å². The van der Waals surface area contributed by atoms with Gasteiger partial charge in [0, 0.05) is 24.7 Å². The first kappa shape index (κ1) is 24.2. The zero-order chi connectivity index (χ0) is 25.1. The van der Waals surface area contributed by atoms with Crippen LogP contribution in [0.3, 0.4) is 0 Å². The molecule has 0 spiro atoms. The molecule has 2 aromatic carbocycles. The Bertz CT molecular complexity index is 1360. The van der Waals surface area contributed by atoms with Gasteiger partial charge >= 0.3 is 0 Å². The number of nitrogens with zero attached hydrogens (tertiary/aromatic N) is 5. The van der Waals surface area contributed by atoms with E-state index in [1.165, 1.54) is 18.4 Å². The largest absolute Gasteiger partial charge is 0.497 e. The molecule has 5 rings (SSSR count). The summed E-state index contributed by atoms with van der Waals surface area (Å²) in [5, 5.41) is 14.0. The number of hydrogen-bond acceptors (Lipinski definition) is 6. The first-order chi connectivity index (χ1) is 17.5. The van der Waals surface area contributed by atoms with Gasteiger partial charge in [0.05, 0.1) is 24.7 Å². The maximum atomic E-state index is 13.2. The molecule has 0 amide bonds. The zero-order valence-corrected chi connectivity index (χ0v) is 21.2. The number of pyridine rings is 1. The summed E-state index contributed by atoms with van der Waals surface area (Å²) < 4.78 is 7.37. The van der Waals surface area contributed by atoms with Crippen LogP contribution in [0.1, 0.15) is 68.6 Å². The number of benzene rings is 2. The number of ether oxygens (including phenoxy) is 1. The van der Waals surface area contributed by atoms with Crippen LogP contribution in [0.25, 0.3) is 10.9 Å². The van der Waals surface area contributed by atoms with Crippen LogP contribution in [0.5, 0.6) is 5.75 Å². The molecule has 0 saturated heterocycles. The number of methoxy groups -OCH3 is 1. The predicted molar refractivity (Wildman–Crippen MR) is 140 cm³/mol. The van der Waals surface area contributed by atoms with Gasteiger partial charge in [-0.2, -0.15) is 0 Å². The van der Waals surface area contributed by atoms with Crippen LogP contribution in [-0.4, -0.2) is 37.2 Å². The van der Waals surface area contributed by atoms with Crippen molar-refractivity contribution in [2.24, 2.45) is 5.92 Å². The van der Waals surface area contributed by atoms with Gasteiger partial charge in [-0.25, -0.2) is 4.68 Å². The van der Waals surface area contributed by atoms with E-state index in [9.17, 15) is 4.79 Å². The Morgan fingerprint density at radius 2 is 1.86 bits per heavy atom. The van der Waals surface area contributed by atoms with Gasteiger partial charge < -0.3 is 9.72 Å². The van der Waals surface area contributed by atoms with Crippen molar-refractivity contribution in [1.29, 1.82) is 0 Å². The lowest BCUT2D eigenvalue weighted by atomic mass is 9.99. The lowest BCUT2D eigenvalue weighted by molar-refractivity contribution is 0.123. The standard InChI is InChI=1S/C28H34N6O2/c1-19(2)26(27-30-31-32-34(27)23-11-7-8-12-23)33(17-20-9-5-4-6-10-20)18-22-15-21-13-14-24(36-3)16-25(21)29-28(22)35/h4-6,9-10,13-16,19,23,26H,7-8,11-12,17-18H2,1-3H3,(H,29,35). The highest BCUT2D eigenvalue weighted by Gasteiger charge is 2.32. The summed E-state index contributed by atoms with van der Waals surface area (Å²) >= 11 is 0. The summed E-state index contributed by atoms with van der Waals surface area (Å²) in [4.78, 5) is 18.6. The summed E-state index contributed by atoms with van der Waals surface area (Å²) in [6.45, 7) is 5.56. The summed E-state index contributed by atoms with van der Waals surface area (Å²) in [5.74, 6) is 1.84. The normalized spacial score (nSPS) is 15.2. The van der Waals surface area contributed by atoms with E-state index in [2.05, 4.69) is 63.5 Å². The minimum atomic E-state index is -0.0910. The van der Waals surface area contributed by atoms with E-state index in [-0.39, 0.29) is 17.5 Å². The molecular weight excluding hydrogens is 452 g/mol. The average molecular weight is 487 g/mol. The molecule has 1 aliphatic rings. The molecule has 1 aliphatic carbocycles. The highest BCUT2D eigenvalue weighted by Crippen LogP contribution is 2.35. The van der Waals surface area contributed by atoms with Gasteiger partial charge in [0.25, 0.3) is 5.56 Å². The summed E-state index contributed by atoms with van der Waals surface area (Å²) in [7, 11) is 1.63. The summed E-state index contributed by atoms with van der Waals surface area (Å²) in [6, 6.07) is 18.4. The molecular formula is C28H34N6O2. The minimum absolute atomic E-state index is 0.0493. The number of aromatic amines is 1. The molecule has 1 fully saturated rings. The van der Waals surface area contributed by atoms with E-state index in [0.29, 0.717) is 24.7 Å². The fraction of sp³-hybridized carbons (Fsp3) is 0.429. The molecule has 1 atom stereocenters. The SMILES string of the molecule is COc1ccc2cc(CN(Cc3ccccc3)C(c3nnnn3C3CCCC3)C(C)C)c(=O)[nH]c2c1. The van der Waals surface area contributed by atoms with Crippen LogP contribution in [-0.2, 0) is 13.1 Å². The summed E-state index contributed by atoms with van der Waals surface area (Å²) in [5.41, 5.74) is 2.58. The Morgan fingerprint density at radius 3 is 2.58 bits per heavy atom. The van der Waals surface area contributed by atoms with E-state index in [1.54, 1.807) is 7.11 Å². The predicted octanol–water partition coefficient (Wildman–Crippen LogP) is 5.04. The lowest BCUT2D eigenvalue weighted by Crippen LogP contribution is -2.35. The Balaban J connectivity index is 1.55. The van der Waals surface area contributed by atoms with E-state index < -0.39 is 0 Å². The summed E-state index contributed by atoms with van der Waals surface area (Å²) in [6.07, 6.45) is 4.63. The highest BCUT2D eigenvalue weighted by molar-refractivity contribution is 5.80. The van der Waals surface area contributed by atoms with Crippen molar-refractivity contribution < 1.29 is 4.74 Å². The Kier molecular flexibility index (Phi) is 7.13. The topological polar surface area (TPSA) is 88.9 Å². The molecule has 8 heteroatoms. The number of aromatic nitrogens is 5. The van der Waals surface area contributed by atoms with Gasteiger partial charge in [0.1, 0.15) is 5.75 Å². The minimum Gasteiger partial charge on any atom is -0.497 e. The molecule has 0 aliphatic heterocycles. The van der Waals surface area contributed by atoms with E-state index in [4.69, 9.17) is 4.74 Å². The first-order valence-corrected chi connectivity index (χ1v) is 12.8. The van der Waals surface area contributed by atoms with Gasteiger partial charge in [-0.1, -0.05) is 57.0 Å². The van der Waals surface area contributed by atoms with Gasteiger partial charge in [-0.05, 0) is 58.3 Å². The second-order valence-electron chi connectivity index (χ2n) is 10.1. The molecule has 1 saturated carbocycles. The Hall–Kier alpha value is -3.52. The van der Waals surface area contributed by atoms with Crippen molar-refractivity contribution in [1.82, 2.24) is 30.1 Å². The smallest absolute Gasteiger partial charge is 0.252 e. The molecule has 36 heavy (non-hydrogen) atoms. The van der Waals surface area contributed by atoms with Crippen LogP contribution >= 0.6 is 0 Å². The number of H-pyrrole nitrogens is 1. The quantitative estimate of drug-likeness (QED) is 0.357. The number of hydrogen-bond donors (Lipinski definition) is 1. The number of rotatable bonds is 9. The van der Waals surface area contributed by atoms with Gasteiger partial charge in [-0.15, -0.1) is 5.10 Å². The van der Waals surface area contributed by atoms with Crippen molar-refractivity contribution in [2.75, 3.05) is 7.11 Å². The molecule has 0 bridgehead atoms. The maximum absolute atomic E-state index is 13.2. The second kappa shape index (κ2) is 10.6. The van der Waals surface area contributed by atoms with Crippen LogP contribution < -0.4 is 10.3 Å². The van der Waals surface area contributed by atoms with Crippen LogP contribution in [0.2, 0.25) is 0 Å². The fourth-order valence-corrected chi connectivity index (χ4v) is 5.45. The van der Waals surface area contributed by atoms with E-state index in [1.807, 2.05) is 35.0 Å².